The van der Waals surface area contributed by atoms with Gasteiger partial charge in [0.05, 0.1) is 30.2 Å². The molecule has 0 unspecified atom stereocenters. The van der Waals surface area contributed by atoms with Crippen molar-refractivity contribution in [1.82, 2.24) is 5.32 Å². The Balaban J connectivity index is 2.07. The van der Waals surface area contributed by atoms with Gasteiger partial charge in [0.1, 0.15) is 17.4 Å². The van der Waals surface area contributed by atoms with Gasteiger partial charge < -0.3 is 10.1 Å². The topological polar surface area (TPSA) is 134 Å². The van der Waals surface area contributed by atoms with Crippen LogP contribution in [0.15, 0.2) is 60.3 Å². The van der Waals surface area contributed by atoms with E-state index in [2.05, 4.69) is 10.6 Å². The van der Waals surface area contributed by atoms with Gasteiger partial charge in [-0.2, -0.15) is 5.26 Å². The fraction of sp³-hybridized carbons (Fsp3) is 0.105. The maximum absolute atomic E-state index is 12.1. The van der Waals surface area contributed by atoms with E-state index in [1.807, 2.05) is 0 Å². The van der Waals surface area contributed by atoms with Gasteiger partial charge in [-0.1, -0.05) is 30.3 Å². The Morgan fingerprint density at radius 2 is 1.96 bits per heavy atom. The second kappa shape index (κ2) is 9.49. The summed E-state index contributed by atoms with van der Waals surface area (Å²) in [5, 5.41) is 24.8. The predicted molar refractivity (Wildman–Crippen MR) is 100 cm³/mol. The highest BCUT2D eigenvalue weighted by Gasteiger charge is 2.15. The molecule has 0 aliphatic carbocycles. The third kappa shape index (κ3) is 5.40. The van der Waals surface area contributed by atoms with E-state index in [9.17, 15) is 19.7 Å². The summed E-state index contributed by atoms with van der Waals surface area (Å²) in [5.74, 6) is -1.26. The fourth-order valence-electron chi connectivity index (χ4n) is 2.23. The van der Waals surface area contributed by atoms with Crippen LogP contribution in [-0.4, -0.2) is 23.8 Å². The summed E-state index contributed by atoms with van der Waals surface area (Å²) < 4.78 is 5.06. The highest BCUT2D eigenvalue weighted by atomic mass is 16.6. The van der Waals surface area contributed by atoms with Crippen molar-refractivity contribution in [2.24, 2.45) is 0 Å². The van der Waals surface area contributed by atoms with Gasteiger partial charge in [-0.3, -0.25) is 25.0 Å². The molecular weight excluding hydrogens is 364 g/mol. The Labute approximate surface area is 160 Å². The van der Waals surface area contributed by atoms with E-state index in [0.717, 1.165) is 11.8 Å². The van der Waals surface area contributed by atoms with Crippen molar-refractivity contribution in [3.63, 3.8) is 0 Å². The number of amides is 2. The van der Waals surface area contributed by atoms with Crippen LogP contribution in [0.2, 0.25) is 0 Å². The molecule has 0 fully saturated rings. The maximum atomic E-state index is 12.1. The second-order valence-electron chi connectivity index (χ2n) is 5.50. The van der Waals surface area contributed by atoms with Crippen molar-refractivity contribution < 1.29 is 19.2 Å². The lowest BCUT2D eigenvalue weighted by molar-refractivity contribution is -0.384. The number of hydrogen-bond donors (Lipinski definition) is 2. The molecule has 2 rings (SSSR count). The number of nitrogens with one attached hydrogen (secondary N) is 2. The zero-order valence-corrected chi connectivity index (χ0v) is 14.8. The molecule has 9 heteroatoms. The molecule has 0 saturated heterocycles. The third-order valence-electron chi connectivity index (χ3n) is 3.59. The number of nitrogens with zero attached hydrogens (tertiary/aromatic N) is 2. The molecule has 0 atom stereocenters. The molecule has 0 heterocycles. The number of nitriles is 1. The first kappa shape index (κ1) is 20.1. The molecule has 0 aliphatic heterocycles. The van der Waals surface area contributed by atoms with E-state index in [1.54, 1.807) is 36.4 Å². The average molecular weight is 380 g/mol. The van der Waals surface area contributed by atoms with Crippen LogP contribution in [0.1, 0.15) is 5.56 Å². The van der Waals surface area contributed by atoms with Gasteiger partial charge >= 0.3 is 0 Å². The highest BCUT2D eigenvalue weighted by Crippen LogP contribution is 2.29. The SMILES string of the molecule is COc1cc([N+](=O)[O-])ccc1NC=C(C#N)C(=O)NC(=O)Cc1ccccc1. The molecule has 2 aromatic carbocycles. The zero-order valence-electron chi connectivity index (χ0n) is 14.8. The number of ether oxygens (including phenoxy) is 1. The molecule has 0 saturated carbocycles. The van der Waals surface area contributed by atoms with E-state index in [4.69, 9.17) is 10.00 Å². The van der Waals surface area contributed by atoms with E-state index >= 15 is 0 Å². The van der Waals surface area contributed by atoms with E-state index in [1.165, 1.54) is 25.3 Å². The van der Waals surface area contributed by atoms with Crippen molar-refractivity contribution in [3.8, 4) is 11.8 Å². The lowest BCUT2D eigenvalue weighted by atomic mass is 10.1. The standard InChI is InChI=1S/C19H16N4O5/c1-28-17-10-15(23(26)27)7-8-16(17)21-12-14(11-20)19(25)22-18(24)9-13-5-3-2-4-6-13/h2-8,10,12,21H,9H2,1H3,(H,22,24,25). The summed E-state index contributed by atoms with van der Waals surface area (Å²) in [6, 6.07) is 14.3. The van der Waals surface area contributed by atoms with E-state index in [0.29, 0.717) is 5.69 Å². The van der Waals surface area contributed by atoms with Gasteiger partial charge in [0.15, 0.2) is 0 Å². The first-order chi connectivity index (χ1) is 13.4. The van der Waals surface area contributed by atoms with Crippen LogP contribution in [0.5, 0.6) is 5.75 Å². The van der Waals surface area contributed by atoms with Crippen molar-refractivity contribution >= 4 is 23.2 Å². The molecule has 9 nitrogen and oxygen atoms in total. The van der Waals surface area contributed by atoms with E-state index < -0.39 is 16.7 Å². The summed E-state index contributed by atoms with van der Waals surface area (Å²) in [5.41, 5.74) is 0.520. The lowest BCUT2D eigenvalue weighted by Crippen LogP contribution is -2.32. The summed E-state index contributed by atoms with van der Waals surface area (Å²) >= 11 is 0. The maximum Gasteiger partial charge on any atom is 0.273 e. The van der Waals surface area contributed by atoms with Crippen LogP contribution in [0.4, 0.5) is 11.4 Å². The van der Waals surface area contributed by atoms with Crippen molar-refractivity contribution in [2.45, 2.75) is 6.42 Å². The Kier molecular flexibility index (Phi) is 6.82. The summed E-state index contributed by atoms with van der Waals surface area (Å²) in [4.78, 5) is 34.3. The predicted octanol–water partition coefficient (Wildman–Crippen LogP) is 2.31. The second-order valence-corrected chi connectivity index (χ2v) is 5.50. The normalized spacial score (nSPS) is 10.5. The fourth-order valence-corrected chi connectivity index (χ4v) is 2.23. The number of carbonyl (C=O) groups is 2. The van der Waals surface area contributed by atoms with Crippen LogP contribution < -0.4 is 15.4 Å². The number of nitro groups is 1. The van der Waals surface area contributed by atoms with Crippen LogP contribution >= 0.6 is 0 Å². The molecule has 0 spiro atoms. The van der Waals surface area contributed by atoms with Crippen LogP contribution in [0.3, 0.4) is 0 Å². The summed E-state index contributed by atoms with van der Waals surface area (Å²) in [7, 11) is 1.33. The minimum atomic E-state index is -0.864. The molecule has 0 bridgehead atoms. The van der Waals surface area contributed by atoms with Crippen molar-refractivity contribution in [3.05, 3.63) is 76.0 Å². The van der Waals surface area contributed by atoms with Gasteiger partial charge in [0.25, 0.3) is 11.6 Å². The van der Waals surface area contributed by atoms with Crippen molar-refractivity contribution in [2.75, 3.05) is 12.4 Å². The number of nitro benzene ring substituents is 1. The molecule has 2 N–H and O–H groups in total. The minimum Gasteiger partial charge on any atom is -0.494 e. The van der Waals surface area contributed by atoms with Gasteiger partial charge in [-0.25, -0.2) is 0 Å². The Morgan fingerprint density at radius 3 is 2.57 bits per heavy atom. The summed E-state index contributed by atoms with van der Waals surface area (Å²) in [6.07, 6.45) is 1.09. The van der Waals surface area contributed by atoms with E-state index in [-0.39, 0.29) is 23.4 Å². The third-order valence-corrected chi connectivity index (χ3v) is 3.59. The monoisotopic (exact) mass is 380 g/mol. The molecule has 0 radical (unpaired) electrons. The summed E-state index contributed by atoms with van der Waals surface area (Å²) in [6.45, 7) is 0. The average Bonchev–Trinajstić information content (AvgIpc) is 2.69. The quantitative estimate of drug-likeness (QED) is 0.326. The number of rotatable bonds is 7. The highest BCUT2D eigenvalue weighted by molar-refractivity contribution is 6.07. The first-order valence-corrected chi connectivity index (χ1v) is 8.02. The number of carbonyl (C=O) groups excluding carboxylic acids is 2. The number of non-ortho nitro benzene ring substituents is 1. The molecular formula is C19H16N4O5. The number of imide groups is 1. The smallest absolute Gasteiger partial charge is 0.273 e. The lowest BCUT2D eigenvalue weighted by Gasteiger charge is -2.08. The number of methoxy groups -OCH3 is 1. The molecule has 2 amide bonds. The molecule has 2 aromatic rings. The number of hydrogen-bond acceptors (Lipinski definition) is 7. The van der Waals surface area contributed by atoms with Crippen LogP contribution in [0, 0.1) is 21.4 Å². The number of benzene rings is 2. The molecule has 142 valence electrons. The minimum absolute atomic E-state index is 0.00507. The largest absolute Gasteiger partial charge is 0.494 e. The Morgan fingerprint density at radius 1 is 1.25 bits per heavy atom. The Hall–Kier alpha value is -4.19. The zero-order chi connectivity index (χ0) is 20.5. The first-order valence-electron chi connectivity index (χ1n) is 8.02. The molecule has 0 aromatic heterocycles. The van der Waals surface area contributed by atoms with Gasteiger partial charge in [-0.05, 0) is 11.6 Å². The van der Waals surface area contributed by atoms with Gasteiger partial charge in [-0.15, -0.1) is 0 Å². The van der Waals surface area contributed by atoms with Crippen LogP contribution in [0.25, 0.3) is 0 Å². The van der Waals surface area contributed by atoms with Crippen molar-refractivity contribution in [1.29, 1.82) is 5.26 Å². The molecule has 0 aliphatic rings. The Bertz CT molecular complexity index is 964. The van der Waals surface area contributed by atoms with Gasteiger partial charge in [0, 0.05) is 12.3 Å². The number of anilines is 1. The molecule has 28 heavy (non-hydrogen) atoms. The van der Waals surface area contributed by atoms with Gasteiger partial charge in [0.2, 0.25) is 5.91 Å². The van der Waals surface area contributed by atoms with Crippen LogP contribution in [-0.2, 0) is 16.0 Å².